The van der Waals surface area contributed by atoms with Crippen LogP contribution in [0.3, 0.4) is 0 Å². The molecular formula is C12H19BrINO2S. The lowest BCUT2D eigenvalue weighted by Crippen LogP contribution is -2.40. The van der Waals surface area contributed by atoms with Gasteiger partial charge >= 0.3 is 6.09 Å². The Kier molecular flexibility index (Phi) is 7.93. The second kappa shape index (κ2) is 7.79. The average Bonchev–Trinajstić information content (AvgIpc) is 2.26. The largest absolute Gasteiger partial charge is 0.444 e. The van der Waals surface area contributed by atoms with E-state index in [-0.39, 0.29) is 12.1 Å². The molecule has 0 aromatic rings. The molecule has 1 amide bonds. The van der Waals surface area contributed by atoms with Gasteiger partial charge in [-0.25, -0.2) is 4.79 Å². The summed E-state index contributed by atoms with van der Waals surface area (Å²) < 4.78 is 6.25. The van der Waals surface area contributed by atoms with Gasteiger partial charge < -0.3 is 9.64 Å². The fourth-order valence-corrected chi connectivity index (χ4v) is 3.68. The van der Waals surface area contributed by atoms with E-state index in [1.54, 1.807) is 22.1 Å². The van der Waals surface area contributed by atoms with E-state index in [0.717, 1.165) is 9.39 Å². The molecule has 18 heavy (non-hydrogen) atoms. The van der Waals surface area contributed by atoms with Gasteiger partial charge in [0.05, 0.1) is 6.04 Å². The molecule has 0 aliphatic rings. The van der Waals surface area contributed by atoms with Gasteiger partial charge in [-0.2, -0.15) is 0 Å². The quantitative estimate of drug-likeness (QED) is 0.442. The number of allylic oxidation sites excluding steroid dienone is 1. The molecule has 0 spiro atoms. The van der Waals surface area contributed by atoms with Gasteiger partial charge in [-0.05, 0) is 27.7 Å². The molecule has 3 nitrogen and oxygen atoms in total. The molecule has 1 atom stereocenters. The number of likely N-dealkylation sites (N-methyl/N-ethyl adjacent to an activating group) is 1. The van der Waals surface area contributed by atoms with Crippen LogP contribution in [-0.4, -0.2) is 29.7 Å². The molecule has 0 radical (unpaired) electrons. The van der Waals surface area contributed by atoms with Crippen molar-refractivity contribution in [3.63, 3.8) is 0 Å². The zero-order valence-electron chi connectivity index (χ0n) is 11.3. The molecule has 0 bridgehead atoms. The van der Waals surface area contributed by atoms with Crippen molar-refractivity contribution in [2.45, 2.75) is 39.3 Å². The highest BCUT2D eigenvalue weighted by Gasteiger charge is 2.25. The van der Waals surface area contributed by atoms with Crippen molar-refractivity contribution in [2.24, 2.45) is 0 Å². The molecule has 0 aliphatic carbocycles. The highest BCUT2D eigenvalue weighted by atomic mass is 127. The van der Waals surface area contributed by atoms with E-state index in [4.69, 9.17) is 4.74 Å². The summed E-state index contributed by atoms with van der Waals surface area (Å²) in [5, 5.41) is 0. The van der Waals surface area contributed by atoms with E-state index in [1.807, 2.05) is 27.7 Å². The van der Waals surface area contributed by atoms with Gasteiger partial charge in [-0.15, -0.1) is 6.58 Å². The van der Waals surface area contributed by atoms with Gasteiger partial charge in [0.15, 0.2) is 0 Å². The van der Waals surface area contributed by atoms with E-state index >= 15 is 0 Å². The number of amides is 1. The number of hydrogen-bond donors (Lipinski definition) is 0. The van der Waals surface area contributed by atoms with Gasteiger partial charge in [0.2, 0.25) is 0 Å². The minimum Gasteiger partial charge on any atom is -0.444 e. The normalized spacial score (nSPS) is 14.6. The molecule has 6 heteroatoms. The third kappa shape index (κ3) is 5.97. The van der Waals surface area contributed by atoms with Gasteiger partial charge in [0.25, 0.3) is 0 Å². The van der Waals surface area contributed by atoms with E-state index in [1.165, 1.54) is 4.90 Å². The van der Waals surface area contributed by atoms with E-state index in [9.17, 15) is 4.79 Å². The monoisotopic (exact) mass is 447 g/mol. The maximum absolute atomic E-state index is 12.0. The second-order valence-corrected chi connectivity index (χ2v) is 7.70. The number of rotatable bonds is 4. The van der Waals surface area contributed by atoms with Crippen molar-refractivity contribution in [3.05, 3.63) is 22.0 Å². The number of halogens is 2. The summed E-state index contributed by atoms with van der Waals surface area (Å²) in [6, 6.07) is -0.220. The van der Waals surface area contributed by atoms with Gasteiger partial charge in [0, 0.05) is 37.6 Å². The molecular weight excluding hydrogens is 429 g/mol. The Morgan fingerprint density at radius 3 is 2.39 bits per heavy atom. The molecule has 104 valence electrons. The first kappa shape index (κ1) is 18.3. The summed E-state index contributed by atoms with van der Waals surface area (Å²) in [5.41, 5.74) is -0.500. The Hall–Kier alpha value is 0.310. The number of ether oxygens (including phenoxy) is 1. The molecule has 0 N–H and O–H groups in total. The fourth-order valence-electron chi connectivity index (χ4n) is 1.12. The summed E-state index contributed by atoms with van der Waals surface area (Å²) in [6.07, 6.45) is 1.35. The van der Waals surface area contributed by atoms with Crippen molar-refractivity contribution in [3.8, 4) is 0 Å². The highest BCUT2D eigenvalue weighted by molar-refractivity contribution is 14.2. The molecule has 0 saturated heterocycles. The number of carbonyl (C=O) groups excluding carboxylic acids is 1. The second-order valence-electron chi connectivity index (χ2n) is 4.75. The van der Waals surface area contributed by atoms with Crippen LogP contribution in [0.2, 0.25) is 0 Å². The maximum Gasteiger partial charge on any atom is 0.410 e. The summed E-state index contributed by atoms with van der Waals surface area (Å²) in [4.78, 5) is 14.6. The van der Waals surface area contributed by atoms with E-state index in [2.05, 4.69) is 43.7 Å². The van der Waals surface area contributed by atoms with Gasteiger partial charge in [-0.1, -0.05) is 30.9 Å². The Bertz CT molecular complexity index is 352. The van der Waals surface area contributed by atoms with Gasteiger partial charge in [-0.3, -0.25) is 0 Å². The van der Waals surface area contributed by atoms with Crippen LogP contribution in [0.4, 0.5) is 4.79 Å². The smallest absolute Gasteiger partial charge is 0.410 e. The predicted octanol–water partition coefficient (Wildman–Crippen LogP) is 5.12. The third-order valence-electron chi connectivity index (χ3n) is 2.03. The van der Waals surface area contributed by atoms with Crippen molar-refractivity contribution in [2.75, 3.05) is 7.05 Å². The lowest BCUT2D eigenvalue weighted by molar-refractivity contribution is 0.0280. The van der Waals surface area contributed by atoms with E-state index < -0.39 is 5.60 Å². The van der Waals surface area contributed by atoms with E-state index in [0.29, 0.717) is 0 Å². The first-order chi connectivity index (χ1) is 8.14. The Morgan fingerprint density at radius 2 is 2.06 bits per heavy atom. The molecule has 1 unspecified atom stereocenters. The Morgan fingerprint density at radius 1 is 1.56 bits per heavy atom. The van der Waals surface area contributed by atoms with Crippen LogP contribution in [0.25, 0.3) is 0 Å². The molecule has 0 heterocycles. The lowest BCUT2D eigenvalue weighted by atomic mass is 10.2. The van der Waals surface area contributed by atoms with Crippen LogP contribution >= 0.6 is 46.1 Å². The fraction of sp³-hybridized carbons (Fsp3) is 0.583. The summed E-state index contributed by atoms with van der Waals surface area (Å²) in [5.74, 6) is 0. The first-order valence-electron chi connectivity index (χ1n) is 5.37. The number of hydrogen-bond acceptors (Lipinski definition) is 3. The minimum atomic E-state index is -0.500. The Balaban J connectivity index is 4.99. The van der Waals surface area contributed by atoms with Gasteiger partial charge in [0.1, 0.15) is 5.60 Å². The van der Waals surface area contributed by atoms with Crippen molar-refractivity contribution >= 4 is 52.2 Å². The zero-order chi connectivity index (χ0) is 14.5. The molecule has 0 aromatic heterocycles. The summed E-state index contributed by atoms with van der Waals surface area (Å²) in [7, 11) is 3.30. The standard InChI is InChI=1S/C12H19BrINO2S/c1-7-9(10(13)8(2)18-14)15(6)11(16)17-12(3,4)5/h7,9H,1H2,2-6H3/b10-8-. The van der Waals surface area contributed by atoms with Crippen molar-refractivity contribution in [1.82, 2.24) is 4.90 Å². The molecule has 0 aromatic carbocycles. The number of carbonyl (C=O) groups is 1. The van der Waals surface area contributed by atoms with Crippen LogP contribution in [0.5, 0.6) is 0 Å². The first-order valence-corrected chi connectivity index (χ1v) is 9.52. The van der Waals surface area contributed by atoms with Crippen LogP contribution < -0.4 is 0 Å². The van der Waals surface area contributed by atoms with Crippen molar-refractivity contribution in [1.29, 1.82) is 0 Å². The predicted molar refractivity (Wildman–Crippen MR) is 91.2 cm³/mol. The molecule has 0 aliphatic heterocycles. The van der Waals surface area contributed by atoms with Crippen molar-refractivity contribution < 1.29 is 9.53 Å². The van der Waals surface area contributed by atoms with Crippen LogP contribution in [0.15, 0.2) is 22.0 Å². The van der Waals surface area contributed by atoms with Crippen LogP contribution in [0.1, 0.15) is 27.7 Å². The minimum absolute atomic E-state index is 0.220. The zero-order valence-corrected chi connectivity index (χ0v) is 15.8. The average molecular weight is 448 g/mol. The topological polar surface area (TPSA) is 29.5 Å². The highest BCUT2D eigenvalue weighted by Crippen LogP contribution is 2.32. The molecule has 0 fully saturated rings. The summed E-state index contributed by atoms with van der Waals surface area (Å²) in [6.45, 7) is 11.3. The maximum atomic E-state index is 12.0. The number of nitrogens with zero attached hydrogens (tertiary/aromatic N) is 1. The lowest BCUT2D eigenvalue weighted by Gasteiger charge is -2.29. The molecule has 0 saturated carbocycles. The van der Waals surface area contributed by atoms with Crippen LogP contribution in [0, 0.1) is 0 Å². The summed E-state index contributed by atoms with van der Waals surface area (Å²) >= 11 is 5.71. The third-order valence-corrected chi connectivity index (χ3v) is 5.79. The SMILES string of the molecule is C=CC(/C(Br)=C(\C)SI)N(C)C(=O)OC(C)(C)C. The Labute approximate surface area is 134 Å². The van der Waals surface area contributed by atoms with Crippen LogP contribution in [-0.2, 0) is 4.74 Å². The molecule has 0 rings (SSSR count).